The van der Waals surface area contributed by atoms with Gasteiger partial charge in [-0.25, -0.2) is 0 Å². The Labute approximate surface area is 244 Å². The second-order valence-electron chi connectivity index (χ2n) is 12.1. The molecule has 2 nitrogen and oxygen atoms in total. The molecule has 0 unspecified atom stereocenters. The molecule has 0 N–H and O–H groups in total. The molecule has 4 rings (SSSR count). The van der Waals surface area contributed by atoms with E-state index in [1.54, 1.807) is 0 Å². The van der Waals surface area contributed by atoms with Gasteiger partial charge in [0.05, 0.1) is 0 Å². The van der Waals surface area contributed by atoms with Gasteiger partial charge in [0.15, 0.2) is 0 Å². The van der Waals surface area contributed by atoms with E-state index in [1.807, 2.05) is 0 Å². The zero-order valence-electron chi connectivity index (χ0n) is 25.5. The quantitative estimate of drug-likeness (QED) is 0.245. The first kappa shape index (κ1) is 29.3. The van der Waals surface area contributed by atoms with Crippen LogP contribution in [0.3, 0.4) is 0 Å². The minimum absolute atomic E-state index is 0.435. The summed E-state index contributed by atoms with van der Waals surface area (Å²) in [5.41, 5.74) is 13.8. The van der Waals surface area contributed by atoms with Gasteiger partial charge in [0, 0.05) is 0 Å². The van der Waals surface area contributed by atoms with Crippen LogP contribution in [0.15, 0.2) is 90.3 Å². The number of nitrogens with zero attached hydrogens (tertiary/aromatic N) is 2. The molecule has 0 aromatic heterocycles. The fourth-order valence-electron chi connectivity index (χ4n) is 5.69. The number of hydrogen-bond acceptors (Lipinski definition) is 2. The molecule has 0 fully saturated rings. The molecule has 2 radical (unpaired) electrons. The van der Waals surface area contributed by atoms with Gasteiger partial charge in [-0.05, 0) is 0 Å². The van der Waals surface area contributed by atoms with Crippen molar-refractivity contribution in [1.29, 1.82) is 0 Å². The Balaban J connectivity index is 2.01. The number of allylic oxidation sites excluding steroid dienone is 2. The SMILES string of the molecule is C=C1C(Cc2ccccc2)=C(C)[N](c2c(C(C)C)cccc2C(C)C)[Ge][N]1c1c(C(C)C)cccc1C(C)C. The molecule has 0 aliphatic carbocycles. The summed E-state index contributed by atoms with van der Waals surface area (Å²) in [5, 5.41) is 0. The van der Waals surface area contributed by atoms with Crippen molar-refractivity contribution < 1.29 is 0 Å². The van der Waals surface area contributed by atoms with Crippen molar-refractivity contribution in [1.82, 2.24) is 0 Å². The van der Waals surface area contributed by atoms with Crippen LogP contribution in [0.25, 0.3) is 0 Å². The number of benzene rings is 3. The Bertz CT molecular complexity index is 1300. The fraction of sp³-hybridized carbons (Fsp3) is 0.389. The molecule has 0 saturated carbocycles. The van der Waals surface area contributed by atoms with E-state index in [9.17, 15) is 0 Å². The first-order valence-electron chi connectivity index (χ1n) is 14.6. The van der Waals surface area contributed by atoms with Crippen LogP contribution in [-0.2, 0) is 6.42 Å². The normalized spacial score (nSPS) is 14.5. The number of rotatable bonds is 8. The zero-order valence-corrected chi connectivity index (χ0v) is 27.6. The molecule has 0 spiro atoms. The van der Waals surface area contributed by atoms with Crippen molar-refractivity contribution >= 4 is 27.3 Å². The first-order chi connectivity index (χ1) is 18.5. The van der Waals surface area contributed by atoms with Gasteiger partial charge in [-0.3, -0.25) is 0 Å². The summed E-state index contributed by atoms with van der Waals surface area (Å²) < 4.78 is 5.37. The average Bonchev–Trinajstić information content (AvgIpc) is 2.90. The van der Waals surface area contributed by atoms with E-state index >= 15 is 0 Å². The molecule has 39 heavy (non-hydrogen) atoms. The molecule has 3 heteroatoms. The van der Waals surface area contributed by atoms with Gasteiger partial charge in [-0.15, -0.1) is 0 Å². The molecule has 1 aliphatic rings. The summed E-state index contributed by atoms with van der Waals surface area (Å²) >= 11 is -0.806. The van der Waals surface area contributed by atoms with Crippen molar-refractivity contribution in [2.24, 2.45) is 0 Å². The van der Waals surface area contributed by atoms with Crippen LogP contribution in [0.5, 0.6) is 0 Å². The molecular weight excluding hydrogens is 533 g/mol. The minimum atomic E-state index is -0.806. The van der Waals surface area contributed by atoms with Gasteiger partial charge in [-0.2, -0.15) is 0 Å². The van der Waals surface area contributed by atoms with Crippen LogP contribution in [0.1, 0.15) is 114 Å². The van der Waals surface area contributed by atoms with Crippen molar-refractivity contribution in [2.75, 3.05) is 7.71 Å². The third kappa shape index (κ3) is 5.92. The van der Waals surface area contributed by atoms with Crippen molar-refractivity contribution in [3.63, 3.8) is 0 Å². The molecule has 204 valence electrons. The van der Waals surface area contributed by atoms with Gasteiger partial charge in [0.2, 0.25) is 0 Å². The summed E-state index contributed by atoms with van der Waals surface area (Å²) in [6.45, 7) is 25.8. The van der Waals surface area contributed by atoms with Crippen LogP contribution in [-0.4, -0.2) is 15.9 Å². The van der Waals surface area contributed by atoms with E-state index in [0.29, 0.717) is 23.7 Å². The topological polar surface area (TPSA) is 6.48 Å². The Morgan fingerprint density at radius 3 is 1.41 bits per heavy atom. The summed E-state index contributed by atoms with van der Waals surface area (Å²) in [4.78, 5) is 0. The predicted octanol–water partition coefficient (Wildman–Crippen LogP) is 10.1. The Morgan fingerprint density at radius 1 is 0.590 bits per heavy atom. The van der Waals surface area contributed by atoms with Crippen LogP contribution < -0.4 is 7.71 Å². The van der Waals surface area contributed by atoms with Crippen LogP contribution in [0.2, 0.25) is 0 Å². The molecule has 1 heterocycles. The van der Waals surface area contributed by atoms with Crippen LogP contribution in [0.4, 0.5) is 11.4 Å². The Kier molecular flexibility index (Phi) is 9.16. The molecule has 0 saturated heterocycles. The number of hydrogen-bond donors (Lipinski definition) is 0. The van der Waals surface area contributed by atoms with Gasteiger partial charge < -0.3 is 0 Å². The molecule has 3 aromatic carbocycles. The number of anilines is 2. The molecular formula is C36H46GeN2. The standard InChI is InChI=1S/C36H46GeN2/c1-23(2)30-18-14-19-31(24(3)4)35(30)38-27(9)34(22-29-16-12-11-13-17-29)28(10)39(37-38)36-32(25(5)6)20-15-21-33(36)26(7)8/h11-21,23-26H,9,22H2,1-8,10H3. The van der Waals surface area contributed by atoms with Crippen molar-refractivity contribution in [3.8, 4) is 0 Å². The van der Waals surface area contributed by atoms with E-state index in [-0.39, 0.29) is 0 Å². The maximum atomic E-state index is 4.82. The van der Waals surface area contributed by atoms with E-state index < -0.39 is 15.9 Å². The van der Waals surface area contributed by atoms with Gasteiger partial charge >= 0.3 is 245 Å². The third-order valence-electron chi connectivity index (χ3n) is 7.95. The monoisotopic (exact) mass is 580 g/mol. The molecule has 0 atom stereocenters. The van der Waals surface area contributed by atoms with E-state index in [1.165, 1.54) is 56.2 Å². The summed E-state index contributed by atoms with van der Waals surface area (Å²) in [6.07, 6.45) is 0.881. The molecule has 3 aromatic rings. The molecule has 0 bridgehead atoms. The Morgan fingerprint density at radius 2 is 1.00 bits per heavy atom. The average molecular weight is 579 g/mol. The van der Waals surface area contributed by atoms with E-state index in [0.717, 1.165) is 6.42 Å². The summed E-state index contributed by atoms with van der Waals surface area (Å²) in [5.74, 6) is 1.77. The predicted molar refractivity (Wildman–Crippen MR) is 172 cm³/mol. The summed E-state index contributed by atoms with van der Waals surface area (Å²) in [7, 11) is 0. The van der Waals surface area contributed by atoms with Crippen molar-refractivity contribution in [2.45, 2.75) is 92.4 Å². The second kappa shape index (κ2) is 12.2. The van der Waals surface area contributed by atoms with Gasteiger partial charge in [-0.1, -0.05) is 0 Å². The zero-order chi connectivity index (χ0) is 28.4. The van der Waals surface area contributed by atoms with Crippen molar-refractivity contribution in [3.05, 3.63) is 118 Å². The van der Waals surface area contributed by atoms with Gasteiger partial charge in [0.1, 0.15) is 0 Å². The van der Waals surface area contributed by atoms with Crippen LogP contribution in [0, 0.1) is 0 Å². The molecule has 0 amide bonds. The number of para-hydroxylation sites is 2. The van der Waals surface area contributed by atoms with E-state index in [4.69, 9.17) is 6.58 Å². The maximum absolute atomic E-state index is 4.82. The molecule has 1 aliphatic heterocycles. The first-order valence-corrected chi connectivity index (χ1v) is 16.5. The summed E-state index contributed by atoms with van der Waals surface area (Å²) in [6, 6.07) is 24.7. The van der Waals surface area contributed by atoms with E-state index in [2.05, 4.69) is 137 Å². The van der Waals surface area contributed by atoms with Crippen LogP contribution >= 0.6 is 0 Å². The van der Waals surface area contributed by atoms with Gasteiger partial charge in [0.25, 0.3) is 0 Å². The third-order valence-corrected chi connectivity index (χ3v) is 11.0. The Hall–Kier alpha value is -2.72. The second-order valence-corrected chi connectivity index (χ2v) is 14.4. The fourth-order valence-corrected chi connectivity index (χ4v) is 8.74.